The smallest absolute Gasteiger partial charge is 0.307 e. The van der Waals surface area contributed by atoms with Crippen LogP contribution >= 0.6 is 0 Å². The summed E-state index contributed by atoms with van der Waals surface area (Å²) in [4.78, 5) is 24.6. The summed E-state index contributed by atoms with van der Waals surface area (Å²) < 4.78 is 5.25. The van der Waals surface area contributed by atoms with Crippen LogP contribution in [-0.2, 0) is 9.59 Å². The van der Waals surface area contributed by atoms with Gasteiger partial charge in [-0.25, -0.2) is 0 Å². The molecular weight excluding hydrogens is 294 g/mol. The van der Waals surface area contributed by atoms with E-state index in [1.165, 1.54) is 0 Å². The van der Waals surface area contributed by atoms with Crippen LogP contribution in [0.25, 0.3) is 0 Å². The average molecular weight is 313 g/mol. The Hall–Kier alpha value is -2.30. The van der Waals surface area contributed by atoms with Crippen LogP contribution in [0.3, 0.4) is 0 Å². The van der Waals surface area contributed by atoms with Gasteiger partial charge in [-0.3, -0.25) is 9.59 Å². The summed E-state index contributed by atoms with van der Waals surface area (Å²) in [5.41, 5.74) is 0.585. The third-order valence-corrected chi connectivity index (χ3v) is 5.60. The Bertz CT molecular complexity index is 698. The van der Waals surface area contributed by atoms with E-state index >= 15 is 0 Å². The first kappa shape index (κ1) is 14.3. The summed E-state index contributed by atoms with van der Waals surface area (Å²) in [6, 6.07) is 7.18. The molecule has 2 N–H and O–H groups in total. The normalized spacial score (nSPS) is 36.2. The monoisotopic (exact) mass is 313 g/mol. The highest BCUT2D eigenvalue weighted by Crippen LogP contribution is 2.63. The van der Waals surface area contributed by atoms with E-state index in [1.807, 2.05) is 18.2 Å². The van der Waals surface area contributed by atoms with Crippen LogP contribution in [0.5, 0.6) is 5.75 Å². The molecule has 5 heteroatoms. The molecule has 0 heterocycles. The molecule has 0 unspecified atom stereocenters. The van der Waals surface area contributed by atoms with Crippen LogP contribution in [-0.4, -0.2) is 24.1 Å². The van der Waals surface area contributed by atoms with Gasteiger partial charge in [0.2, 0.25) is 5.91 Å². The molecule has 5 nitrogen and oxygen atoms in total. The number of benzene rings is 1. The molecule has 0 radical (unpaired) electrons. The van der Waals surface area contributed by atoms with E-state index in [1.54, 1.807) is 19.2 Å². The van der Waals surface area contributed by atoms with E-state index in [-0.39, 0.29) is 17.7 Å². The highest BCUT2D eigenvalue weighted by Gasteiger charge is 2.62. The van der Waals surface area contributed by atoms with Crippen LogP contribution in [0.2, 0.25) is 0 Å². The number of hydrogen-bond acceptors (Lipinski definition) is 3. The van der Waals surface area contributed by atoms with Gasteiger partial charge in [0, 0.05) is 0 Å². The van der Waals surface area contributed by atoms with Crippen molar-refractivity contribution in [2.24, 2.45) is 35.5 Å². The number of nitrogens with one attached hydrogen (secondary N) is 1. The molecule has 6 atom stereocenters. The molecule has 1 amide bonds. The predicted octanol–water partition coefficient (Wildman–Crippen LogP) is 2.40. The maximum absolute atomic E-state index is 12.8. The van der Waals surface area contributed by atoms with Gasteiger partial charge < -0.3 is 15.2 Å². The fraction of sp³-hybridized carbons (Fsp3) is 0.444. The van der Waals surface area contributed by atoms with Crippen molar-refractivity contribution < 1.29 is 19.4 Å². The highest BCUT2D eigenvalue weighted by molar-refractivity contribution is 5.97. The van der Waals surface area contributed by atoms with Gasteiger partial charge in [-0.15, -0.1) is 0 Å². The van der Waals surface area contributed by atoms with Gasteiger partial charge in [0.1, 0.15) is 5.75 Å². The van der Waals surface area contributed by atoms with Crippen molar-refractivity contribution in [1.29, 1.82) is 0 Å². The Labute approximate surface area is 134 Å². The van der Waals surface area contributed by atoms with Crippen LogP contribution in [0.1, 0.15) is 6.42 Å². The number of carbonyl (C=O) groups is 2. The standard InChI is InChI=1S/C18H19NO4/c1-23-14-5-3-2-4-13(14)19-17(20)15-9-6-7-10(12-8-11(9)12)16(15)18(21)22/h2-7,9-12,15-16H,8H2,1H3,(H,19,20)(H,21,22)/t9-,10-,11-,12-,15-,16+/m1/s1. The lowest BCUT2D eigenvalue weighted by Gasteiger charge is -2.41. The third kappa shape index (κ3) is 2.14. The van der Waals surface area contributed by atoms with E-state index in [4.69, 9.17) is 4.74 Å². The first-order chi connectivity index (χ1) is 11.1. The zero-order chi connectivity index (χ0) is 16.1. The third-order valence-electron chi connectivity index (χ3n) is 5.60. The van der Waals surface area contributed by atoms with Gasteiger partial charge >= 0.3 is 5.97 Å². The van der Waals surface area contributed by atoms with E-state index in [0.29, 0.717) is 23.3 Å². The van der Waals surface area contributed by atoms with Crippen LogP contribution in [0.4, 0.5) is 5.69 Å². The topological polar surface area (TPSA) is 75.6 Å². The average Bonchev–Trinajstić information content (AvgIpc) is 3.36. The summed E-state index contributed by atoms with van der Waals surface area (Å²) in [5, 5.41) is 12.5. The van der Waals surface area contributed by atoms with Gasteiger partial charge in [0.15, 0.2) is 0 Å². The summed E-state index contributed by atoms with van der Waals surface area (Å²) >= 11 is 0. The number of aliphatic carboxylic acids is 1. The number of methoxy groups -OCH3 is 1. The fourth-order valence-corrected chi connectivity index (χ4v) is 4.53. The van der Waals surface area contributed by atoms with Crippen molar-refractivity contribution in [1.82, 2.24) is 0 Å². The lowest BCUT2D eigenvalue weighted by atomic mass is 9.62. The second-order valence-corrected chi connectivity index (χ2v) is 6.68. The summed E-state index contributed by atoms with van der Waals surface area (Å²) in [6.45, 7) is 0. The van der Waals surface area contributed by atoms with Gasteiger partial charge in [-0.05, 0) is 42.2 Å². The van der Waals surface area contributed by atoms with Crippen LogP contribution in [0, 0.1) is 35.5 Å². The van der Waals surface area contributed by atoms with Crippen LogP contribution in [0.15, 0.2) is 36.4 Å². The molecule has 4 aliphatic rings. The van der Waals surface area contributed by atoms with Crippen molar-refractivity contribution in [2.75, 3.05) is 12.4 Å². The number of hydrogen-bond donors (Lipinski definition) is 2. The number of ether oxygens (including phenoxy) is 1. The predicted molar refractivity (Wildman–Crippen MR) is 84.0 cm³/mol. The molecule has 1 aromatic carbocycles. The minimum atomic E-state index is -0.866. The molecule has 5 rings (SSSR count). The Kier molecular flexibility index (Phi) is 3.18. The number of carboxylic acids is 1. The summed E-state index contributed by atoms with van der Waals surface area (Å²) in [7, 11) is 1.55. The minimum absolute atomic E-state index is 0.00378. The van der Waals surface area contributed by atoms with E-state index in [0.717, 1.165) is 6.42 Å². The van der Waals surface area contributed by atoms with Gasteiger partial charge in [-0.1, -0.05) is 24.3 Å². The Morgan fingerprint density at radius 2 is 1.78 bits per heavy atom. The molecule has 1 aromatic rings. The number of rotatable bonds is 4. The maximum Gasteiger partial charge on any atom is 0.307 e. The van der Waals surface area contributed by atoms with E-state index in [2.05, 4.69) is 11.4 Å². The fourth-order valence-electron chi connectivity index (χ4n) is 4.53. The lowest BCUT2D eigenvalue weighted by Crippen LogP contribution is -2.48. The number of fused-ring (bicyclic) bond motifs is 1. The second kappa shape index (κ2) is 5.11. The molecule has 2 saturated carbocycles. The lowest BCUT2D eigenvalue weighted by molar-refractivity contribution is -0.152. The van der Waals surface area contributed by atoms with Crippen molar-refractivity contribution in [2.45, 2.75) is 6.42 Å². The SMILES string of the molecule is COc1ccccc1NC(=O)[C@@H]1[C@@H]2C=C[C@H]([C@H]3C[C@H]23)[C@@H]1C(=O)O. The maximum atomic E-state index is 12.8. The molecule has 2 bridgehead atoms. The van der Waals surface area contributed by atoms with Crippen molar-refractivity contribution in [3.05, 3.63) is 36.4 Å². The Balaban J connectivity index is 1.62. The first-order valence-electron chi connectivity index (χ1n) is 7.97. The second-order valence-electron chi connectivity index (χ2n) is 6.68. The number of carboxylic acid groups (broad SMARTS) is 1. The first-order valence-corrected chi connectivity index (χ1v) is 7.97. The zero-order valence-corrected chi connectivity index (χ0v) is 12.8. The van der Waals surface area contributed by atoms with Crippen molar-refractivity contribution >= 4 is 17.6 Å². The summed E-state index contributed by atoms with van der Waals surface area (Å²) in [5.74, 6) is -0.651. The number of allylic oxidation sites excluding steroid dienone is 2. The Morgan fingerprint density at radius 3 is 2.43 bits per heavy atom. The van der Waals surface area contributed by atoms with E-state index < -0.39 is 17.8 Å². The largest absolute Gasteiger partial charge is 0.495 e. The molecule has 23 heavy (non-hydrogen) atoms. The molecular formula is C18H19NO4. The van der Waals surface area contributed by atoms with Crippen molar-refractivity contribution in [3.63, 3.8) is 0 Å². The number of carbonyl (C=O) groups excluding carboxylic acids is 1. The molecule has 0 aliphatic heterocycles. The van der Waals surface area contributed by atoms with Gasteiger partial charge in [-0.2, -0.15) is 0 Å². The quantitative estimate of drug-likeness (QED) is 0.837. The van der Waals surface area contributed by atoms with E-state index in [9.17, 15) is 14.7 Å². The van der Waals surface area contributed by atoms with Crippen LogP contribution < -0.4 is 10.1 Å². The molecule has 120 valence electrons. The molecule has 2 fully saturated rings. The minimum Gasteiger partial charge on any atom is -0.495 e. The molecule has 0 spiro atoms. The molecule has 0 saturated heterocycles. The highest BCUT2D eigenvalue weighted by atomic mass is 16.5. The number of anilines is 1. The van der Waals surface area contributed by atoms with Gasteiger partial charge in [0.05, 0.1) is 24.6 Å². The van der Waals surface area contributed by atoms with Gasteiger partial charge in [0.25, 0.3) is 0 Å². The summed E-state index contributed by atoms with van der Waals surface area (Å²) in [6.07, 6.45) is 5.12. The number of amides is 1. The molecule has 4 aliphatic carbocycles. The zero-order valence-electron chi connectivity index (χ0n) is 12.8. The number of para-hydroxylation sites is 2. The van der Waals surface area contributed by atoms with Crippen molar-refractivity contribution in [3.8, 4) is 5.75 Å². The Morgan fingerprint density at radius 1 is 1.13 bits per heavy atom. The molecule has 0 aromatic heterocycles.